The van der Waals surface area contributed by atoms with Gasteiger partial charge in [-0.1, -0.05) is 13.8 Å². The Morgan fingerprint density at radius 2 is 2.15 bits per heavy atom. The maximum absolute atomic E-state index is 5.15. The van der Waals surface area contributed by atoms with Crippen molar-refractivity contribution >= 4 is 0 Å². The highest BCUT2D eigenvalue weighted by molar-refractivity contribution is 4.84. The third-order valence-corrected chi connectivity index (χ3v) is 2.03. The molecule has 0 bridgehead atoms. The smallest absolute Gasteiger partial charge is 0.0467 e. The summed E-state index contributed by atoms with van der Waals surface area (Å²) in [4.78, 5) is 0. The molecule has 0 aliphatic carbocycles. The summed E-state index contributed by atoms with van der Waals surface area (Å²) in [7, 11) is 1.74. The van der Waals surface area contributed by atoms with Gasteiger partial charge < -0.3 is 10.1 Å². The molecule has 0 aliphatic rings. The van der Waals surface area contributed by atoms with Crippen molar-refractivity contribution in [3.63, 3.8) is 0 Å². The van der Waals surface area contributed by atoms with E-state index in [0.717, 1.165) is 32.5 Å². The topological polar surface area (TPSA) is 21.3 Å². The van der Waals surface area contributed by atoms with E-state index in [-0.39, 0.29) is 0 Å². The van der Waals surface area contributed by atoms with Crippen LogP contribution in [-0.2, 0) is 4.74 Å². The van der Waals surface area contributed by atoms with Gasteiger partial charge in [0.15, 0.2) is 0 Å². The first-order chi connectivity index (χ1) is 6.12. The molecule has 0 atom stereocenters. The molecule has 0 aromatic heterocycles. The molecule has 0 amide bonds. The van der Waals surface area contributed by atoms with E-state index in [4.69, 9.17) is 11.2 Å². The monoisotopic (exact) mass is 183 g/mol. The summed E-state index contributed by atoms with van der Waals surface area (Å²) in [5, 5.41) is 3.34. The van der Waals surface area contributed by atoms with Crippen LogP contribution in [0.3, 0.4) is 0 Å². The van der Waals surface area contributed by atoms with Crippen molar-refractivity contribution in [2.45, 2.75) is 26.7 Å². The van der Waals surface area contributed by atoms with Crippen LogP contribution in [-0.4, -0.2) is 26.8 Å². The molecule has 0 aromatic rings. The van der Waals surface area contributed by atoms with E-state index in [1.54, 1.807) is 7.11 Å². The number of ether oxygens (including phenoxy) is 1. The van der Waals surface area contributed by atoms with Gasteiger partial charge in [0.2, 0.25) is 0 Å². The molecule has 0 fully saturated rings. The van der Waals surface area contributed by atoms with Gasteiger partial charge in [-0.2, -0.15) is 0 Å². The molecule has 76 valence electrons. The second kappa shape index (κ2) is 6.94. The average Bonchev–Trinajstić information content (AvgIpc) is 2.09. The molecule has 0 aromatic carbocycles. The summed E-state index contributed by atoms with van der Waals surface area (Å²) in [6.07, 6.45) is 7.03. The molecular formula is C11H21NO. The first-order valence-electron chi connectivity index (χ1n) is 4.75. The normalized spacial score (nSPS) is 11.2. The Labute approximate surface area is 82.1 Å². The van der Waals surface area contributed by atoms with Crippen molar-refractivity contribution in [2.75, 3.05) is 26.8 Å². The van der Waals surface area contributed by atoms with Crippen LogP contribution >= 0.6 is 0 Å². The fourth-order valence-electron chi connectivity index (χ4n) is 1.05. The first-order valence-corrected chi connectivity index (χ1v) is 4.75. The van der Waals surface area contributed by atoms with Crippen molar-refractivity contribution in [1.29, 1.82) is 0 Å². The molecule has 13 heavy (non-hydrogen) atoms. The number of terminal acetylenes is 1. The third kappa shape index (κ3) is 7.83. The Morgan fingerprint density at radius 1 is 1.46 bits per heavy atom. The van der Waals surface area contributed by atoms with Gasteiger partial charge in [-0.25, -0.2) is 0 Å². The number of methoxy groups -OCH3 is 1. The van der Waals surface area contributed by atoms with Crippen molar-refractivity contribution < 1.29 is 4.74 Å². The maximum atomic E-state index is 5.15. The van der Waals surface area contributed by atoms with E-state index < -0.39 is 0 Å². The highest BCUT2D eigenvalue weighted by Gasteiger charge is 2.16. The summed E-state index contributed by atoms with van der Waals surface area (Å²) >= 11 is 0. The van der Waals surface area contributed by atoms with E-state index >= 15 is 0 Å². The van der Waals surface area contributed by atoms with Gasteiger partial charge in [0.05, 0.1) is 0 Å². The summed E-state index contributed by atoms with van der Waals surface area (Å²) in [6, 6.07) is 0. The summed E-state index contributed by atoms with van der Waals surface area (Å²) in [5.41, 5.74) is 0.296. The van der Waals surface area contributed by atoms with Gasteiger partial charge in [0.1, 0.15) is 0 Å². The lowest BCUT2D eigenvalue weighted by Crippen LogP contribution is -2.30. The number of nitrogens with one attached hydrogen (secondary N) is 1. The molecule has 0 unspecified atom stereocenters. The van der Waals surface area contributed by atoms with Crippen LogP contribution in [0.4, 0.5) is 0 Å². The standard InChI is InChI=1S/C11H21NO/c1-5-6-8-12-10-11(2,3)7-9-13-4/h1,12H,6-10H2,2-4H3. The van der Waals surface area contributed by atoms with Crippen LogP contribution in [0.5, 0.6) is 0 Å². The Bertz CT molecular complexity index is 158. The predicted molar refractivity (Wildman–Crippen MR) is 56.6 cm³/mol. The maximum Gasteiger partial charge on any atom is 0.0467 e. The largest absolute Gasteiger partial charge is 0.385 e. The van der Waals surface area contributed by atoms with Gasteiger partial charge in [0, 0.05) is 33.2 Å². The van der Waals surface area contributed by atoms with E-state index in [1.165, 1.54) is 0 Å². The number of rotatable bonds is 7. The molecule has 0 saturated carbocycles. The van der Waals surface area contributed by atoms with Gasteiger partial charge in [-0.05, 0) is 11.8 Å². The number of hydrogen-bond acceptors (Lipinski definition) is 2. The van der Waals surface area contributed by atoms with Crippen LogP contribution in [0.25, 0.3) is 0 Å². The van der Waals surface area contributed by atoms with Gasteiger partial charge in [0.25, 0.3) is 0 Å². The van der Waals surface area contributed by atoms with Crippen molar-refractivity contribution in [2.24, 2.45) is 5.41 Å². The fraction of sp³-hybridized carbons (Fsp3) is 0.818. The van der Waals surface area contributed by atoms with Gasteiger partial charge in [-0.15, -0.1) is 12.3 Å². The van der Waals surface area contributed by atoms with Crippen LogP contribution < -0.4 is 5.32 Å². The number of hydrogen-bond donors (Lipinski definition) is 1. The Morgan fingerprint density at radius 3 is 2.69 bits per heavy atom. The molecule has 0 rings (SSSR count). The predicted octanol–water partition coefficient (Wildman–Crippen LogP) is 1.66. The SMILES string of the molecule is C#CCCNCC(C)(C)CCOC. The third-order valence-electron chi connectivity index (χ3n) is 2.03. The average molecular weight is 183 g/mol. The second-order valence-corrected chi connectivity index (χ2v) is 4.04. The zero-order chi connectivity index (χ0) is 10.2. The molecule has 0 aliphatic heterocycles. The molecular weight excluding hydrogens is 162 g/mol. The Hall–Kier alpha value is -0.520. The summed E-state index contributed by atoms with van der Waals surface area (Å²) in [6.45, 7) is 7.19. The summed E-state index contributed by atoms with van der Waals surface area (Å²) < 4.78 is 5.05. The Balaban J connectivity index is 3.45. The van der Waals surface area contributed by atoms with Crippen LogP contribution in [0, 0.1) is 17.8 Å². The molecule has 1 N–H and O–H groups in total. The van der Waals surface area contributed by atoms with Crippen LogP contribution in [0.15, 0.2) is 0 Å². The van der Waals surface area contributed by atoms with Crippen molar-refractivity contribution in [1.82, 2.24) is 5.32 Å². The first kappa shape index (κ1) is 12.5. The van der Waals surface area contributed by atoms with Crippen LogP contribution in [0.2, 0.25) is 0 Å². The second-order valence-electron chi connectivity index (χ2n) is 4.04. The van der Waals surface area contributed by atoms with Crippen molar-refractivity contribution in [3.05, 3.63) is 0 Å². The summed E-state index contributed by atoms with van der Waals surface area (Å²) in [5.74, 6) is 2.61. The van der Waals surface area contributed by atoms with E-state index in [1.807, 2.05) is 0 Å². The lowest BCUT2D eigenvalue weighted by Gasteiger charge is -2.24. The lowest BCUT2D eigenvalue weighted by atomic mass is 9.90. The van der Waals surface area contributed by atoms with Crippen molar-refractivity contribution in [3.8, 4) is 12.3 Å². The molecule has 0 heterocycles. The minimum absolute atomic E-state index is 0.296. The minimum atomic E-state index is 0.296. The molecule has 2 nitrogen and oxygen atoms in total. The lowest BCUT2D eigenvalue weighted by molar-refractivity contribution is 0.151. The molecule has 2 heteroatoms. The van der Waals surface area contributed by atoms with E-state index in [2.05, 4.69) is 25.1 Å². The molecule has 0 radical (unpaired) electrons. The zero-order valence-corrected chi connectivity index (χ0v) is 9.02. The molecule has 0 saturated heterocycles. The minimum Gasteiger partial charge on any atom is -0.385 e. The molecule has 0 spiro atoms. The fourth-order valence-corrected chi connectivity index (χ4v) is 1.05. The van der Waals surface area contributed by atoms with E-state index in [0.29, 0.717) is 5.41 Å². The highest BCUT2D eigenvalue weighted by Crippen LogP contribution is 2.18. The zero-order valence-electron chi connectivity index (χ0n) is 9.02. The van der Waals surface area contributed by atoms with Crippen LogP contribution in [0.1, 0.15) is 26.7 Å². The Kier molecular flexibility index (Phi) is 6.66. The van der Waals surface area contributed by atoms with Gasteiger partial charge >= 0.3 is 0 Å². The van der Waals surface area contributed by atoms with Gasteiger partial charge in [-0.3, -0.25) is 0 Å². The van der Waals surface area contributed by atoms with E-state index in [9.17, 15) is 0 Å². The highest BCUT2D eigenvalue weighted by atomic mass is 16.5. The quantitative estimate of drug-likeness (QED) is 0.479.